The van der Waals surface area contributed by atoms with Gasteiger partial charge in [-0.05, 0) is 24.6 Å². The van der Waals surface area contributed by atoms with Crippen molar-refractivity contribution in [2.24, 2.45) is 5.92 Å². The SMILES string of the molecule is Cc1ccc(NC(=O)N2CC(C(=O)O)C2)cc1Cl. The molecule has 1 aromatic rings. The van der Waals surface area contributed by atoms with E-state index in [1.54, 1.807) is 12.1 Å². The van der Waals surface area contributed by atoms with Crippen molar-refractivity contribution in [3.05, 3.63) is 28.8 Å². The number of benzene rings is 1. The van der Waals surface area contributed by atoms with Crippen molar-refractivity contribution in [3.63, 3.8) is 0 Å². The first-order valence-electron chi connectivity index (χ1n) is 5.52. The van der Waals surface area contributed by atoms with E-state index in [-0.39, 0.29) is 19.1 Å². The molecule has 1 saturated heterocycles. The van der Waals surface area contributed by atoms with Gasteiger partial charge in [-0.25, -0.2) is 4.79 Å². The zero-order valence-electron chi connectivity index (χ0n) is 9.81. The number of anilines is 1. The first-order valence-corrected chi connectivity index (χ1v) is 5.90. The highest BCUT2D eigenvalue weighted by Gasteiger charge is 2.35. The fourth-order valence-electron chi connectivity index (χ4n) is 1.67. The number of carbonyl (C=O) groups excluding carboxylic acids is 1. The lowest BCUT2D eigenvalue weighted by Gasteiger charge is -2.36. The number of nitrogens with one attached hydrogen (secondary N) is 1. The number of likely N-dealkylation sites (tertiary alicyclic amines) is 1. The third kappa shape index (κ3) is 2.56. The Morgan fingerprint density at radius 2 is 2.11 bits per heavy atom. The van der Waals surface area contributed by atoms with Crippen molar-refractivity contribution in [2.45, 2.75) is 6.92 Å². The average Bonchev–Trinajstić information content (AvgIpc) is 2.20. The van der Waals surface area contributed by atoms with Crippen LogP contribution in [-0.4, -0.2) is 35.1 Å². The zero-order chi connectivity index (χ0) is 13.3. The summed E-state index contributed by atoms with van der Waals surface area (Å²) in [5, 5.41) is 12.0. The standard InChI is InChI=1S/C12H13ClN2O3/c1-7-2-3-9(4-10(7)13)14-12(18)15-5-8(6-15)11(16)17/h2-4,8H,5-6H2,1H3,(H,14,18)(H,16,17). The van der Waals surface area contributed by atoms with Crippen LogP contribution in [0.4, 0.5) is 10.5 Å². The van der Waals surface area contributed by atoms with E-state index < -0.39 is 11.9 Å². The van der Waals surface area contributed by atoms with Gasteiger partial charge in [-0.15, -0.1) is 0 Å². The van der Waals surface area contributed by atoms with Gasteiger partial charge in [0.2, 0.25) is 0 Å². The largest absolute Gasteiger partial charge is 0.481 e. The molecule has 0 unspecified atom stereocenters. The summed E-state index contributed by atoms with van der Waals surface area (Å²) in [5.41, 5.74) is 1.54. The van der Waals surface area contributed by atoms with Crippen LogP contribution >= 0.6 is 11.6 Å². The first-order chi connectivity index (χ1) is 8.47. The first kappa shape index (κ1) is 12.7. The van der Waals surface area contributed by atoms with Gasteiger partial charge in [0.1, 0.15) is 0 Å². The number of aliphatic carboxylic acids is 1. The smallest absolute Gasteiger partial charge is 0.321 e. The summed E-state index contributed by atoms with van der Waals surface area (Å²) in [4.78, 5) is 23.8. The molecule has 18 heavy (non-hydrogen) atoms. The van der Waals surface area contributed by atoms with E-state index in [0.29, 0.717) is 10.7 Å². The Morgan fingerprint density at radius 1 is 1.44 bits per heavy atom. The molecule has 1 fully saturated rings. The third-order valence-electron chi connectivity index (χ3n) is 2.94. The van der Waals surface area contributed by atoms with Crippen LogP contribution in [0.25, 0.3) is 0 Å². The lowest BCUT2D eigenvalue weighted by molar-refractivity contribution is -0.145. The van der Waals surface area contributed by atoms with E-state index in [1.165, 1.54) is 4.90 Å². The predicted octanol–water partition coefficient (Wildman–Crippen LogP) is 2.20. The quantitative estimate of drug-likeness (QED) is 0.864. The van der Waals surface area contributed by atoms with Crippen LogP contribution in [0.1, 0.15) is 5.56 Å². The maximum atomic E-state index is 11.7. The summed E-state index contributed by atoms with van der Waals surface area (Å²) in [6, 6.07) is 4.94. The number of carboxylic acid groups (broad SMARTS) is 1. The van der Waals surface area contributed by atoms with Gasteiger partial charge < -0.3 is 15.3 Å². The number of carbonyl (C=O) groups is 2. The van der Waals surface area contributed by atoms with Gasteiger partial charge in [-0.3, -0.25) is 4.79 Å². The van der Waals surface area contributed by atoms with Crippen molar-refractivity contribution in [2.75, 3.05) is 18.4 Å². The van der Waals surface area contributed by atoms with E-state index in [1.807, 2.05) is 13.0 Å². The maximum Gasteiger partial charge on any atom is 0.321 e. The highest BCUT2D eigenvalue weighted by atomic mass is 35.5. The van der Waals surface area contributed by atoms with Gasteiger partial charge in [0, 0.05) is 23.8 Å². The lowest BCUT2D eigenvalue weighted by Crippen LogP contribution is -2.54. The van der Waals surface area contributed by atoms with Crippen molar-refractivity contribution in [1.29, 1.82) is 0 Å². The Kier molecular flexibility index (Phi) is 3.43. The molecule has 2 N–H and O–H groups in total. The third-order valence-corrected chi connectivity index (χ3v) is 3.35. The van der Waals surface area contributed by atoms with Gasteiger partial charge in [-0.2, -0.15) is 0 Å². The Morgan fingerprint density at radius 3 is 2.67 bits per heavy atom. The van der Waals surface area contributed by atoms with Gasteiger partial charge in [0.25, 0.3) is 0 Å². The zero-order valence-corrected chi connectivity index (χ0v) is 10.6. The van der Waals surface area contributed by atoms with E-state index >= 15 is 0 Å². The molecule has 2 amide bonds. The van der Waals surface area contributed by atoms with Crippen LogP contribution in [0.15, 0.2) is 18.2 Å². The molecule has 5 nitrogen and oxygen atoms in total. The second-order valence-corrected chi connectivity index (χ2v) is 4.74. The van der Waals surface area contributed by atoms with Crippen molar-refractivity contribution in [1.82, 2.24) is 4.90 Å². The molecule has 1 aromatic carbocycles. The van der Waals surface area contributed by atoms with E-state index in [2.05, 4.69) is 5.32 Å². The summed E-state index contributed by atoms with van der Waals surface area (Å²) in [6.07, 6.45) is 0. The van der Waals surface area contributed by atoms with Crippen LogP contribution in [-0.2, 0) is 4.79 Å². The highest BCUT2D eigenvalue weighted by molar-refractivity contribution is 6.31. The Bertz CT molecular complexity index is 498. The summed E-state index contributed by atoms with van der Waals surface area (Å²) >= 11 is 5.95. The average molecular weight is 269 g/mol. The van der Waals surface area contributed by atoms with Crippen molar-refractivity contribution >= 4 is 29.3 Å². The summed E-state index contributed by atoms with van der Waals surface area (Å²) in [6.45, 7) is 2.38. The van der Waals surface area contributed by atoms with E-state index in [4.69, 9.17) is 16.7 Å². The van der Waals surface area contributed by atoms with Gasteiger partial charge in [0.05, 0.1) is 5.92 Å². The minimum atomic E-state index is -0.863. The molecule has 1 aliphatic heterocycles. The molecule has 96 valence electrons. The molecule has 0 radical (unpaired) electrons. The number of nitrogens with zero attached hydrogens (tertiary/aromatic N) is 1. The number of hydrogen-bond donors (Lipinski definition) is 2. The number of carboxylic acids is 1. The summed E-state index contributed by atoms with van der Waals surface area (Å²) in [5.74, 6) is -1.31. The fourth-order valence-corrected chi connectivity index (χ4v) is 1.85. The topological polar surface area (TPSA) is 69.6 Å². The van der Waals surface area contributed by atoms with Crippen molar-refractivity contribution < 1.29 is 14.7 Å². The molecule has 0 aliphatic carbocycles. The van der Waals surface area contributed by atoms with Crippen LogP contribution in [0.5, 0.6) is 0 Å². The summed E-state index contributed by atoms with van der Waals surface area (Å²) < 4.78 is 0. The molecule has 0 atom stereocenters. The van der Waals surface area contributed by atoms with Crippen LogP contribution in [0.3, 0.4) is 0 Å². The number of halogens is 1. The molecule has 0 aromatic heterocycles. The molecular weight excluding hydrogens is 256 g/mol. The van der Waals surface area contributed by atoms with E-state index in [9.17, 15) is 9.59 Å². The second kappa shape index (κ2) is 4.86. The summed E-state index contributed by atoms with van der Waals surface area (Å²) in [7, 11) is 0. The van der Waals surface area contributed by atoms with Crippen molar-refractivity contribution in [3.8, 4) is 0 Å². The minimum absolute atomic E-state index is 0.251. The Labute approximate surface area is 109 Å². The second-order valence-electron chi connectivity index (χ2n) is 4.33. The monoisotopic (exact) mass is 268 g/mol. The number of aryl methyl sites for hydroxylation is 1. The highest BCUT2D eigenvalue weighted by Crippen LogP contribution is 2.22. The fraction of sp³-hybridized carbons (Fsp3) is 0.333. The molecule has 6 heteroatoms. The molecule has 2 rings (SSSR count). The predicted molar refractivity (Wildman–Crippen MR) is 67.9 cm³/mol. The molecule has 0 spiro atoms. The molecule has 0 saturated carbocycles. The normalized spacial score (nSPS) is 15.1. The van der Waals surface area contributed by atoms with Crippen LogP contribution in [0, 0.1) is 12.8 Å². The Balaban J connectivity index is 1.92. The molecular formula is C12H13ClN2O3. The van der Waals surface area contributed by atoms with Gasteiger partial charge in [-0.1, -0.05) is 17.7 Å². The number of hydrogen-bond acceptors (Lipinski definition) is 2. The molecule has 1 aliphatic rings. The number of urea groups is 1. The number of amides is 2. The van der Waals surface area contributed by atoms with Crippen LogP contribution < -0.4 is 5.32 Å². The maximum absolute atomic E-state index is 11.7. The molecule has 1 heterocycles. The molecule has 0 bridgehead atoms. The lowest BCUT2D eigenvalue weighted by atomic mass is 10.0. The van der Waals surface area contributed by atoms with E-state index in [0.717, 1.165) is 5.56 Å². The van der Waals surface area contributed by atoms with Gasteiger partial charge in [0.15, 0.2) is 0 Å². The van der Waals surface area contributed by atoms with Crippen LogP contribution in [0.2, 0.25) is 5.02 Å². The Hall–Kier alpha value is -1.75. The minimum Gasteiger partial charge on any atom is -0.481 e. The number of rotatable bonds is 2. The van der Waals surface area contributed by atoms with Gasteiger partial charge >= 0.3 is 12.0 Å².